The Hall–Kier alpha value is -3.13. The van der Waals surface area contributed by atoms with Crippen molar-refractivity contribution < 1.29 is 0 Å². The Labute approximate surface area is 146 Å². The van der Waals surface area contributed by atoms with Crippen LogP contribution in [0, 0.1) is 18.3 Å². The van der Waals surface area contributed by atoms with Crippen molar-refractivity contribution in [2.24, 2.45) is 0 Å². The quantitative estimate of drug-likeness (QED) is 0.730. The molecule has 5 nitrogen and oxygen atoms in total. The Kier molecular flexibility index (Phi) is 3.73. The van der Waals surface area contributed by atoms with Crippen molar-refractivity contribution >= 4 is 5.69 Å². The Balaban J connectivity index is 1.62. The summed E-state index contributed by atoms with van der Waals surface area (Å²) in [6.45, 7) is 2.89. The number of benzene rings is 2. The molecule has 4 rings (SSSR count). The highest BCUT2D eigenvalue weighted by atomic mass is 15.3. The van der Waals surface area contributed by atoms with Gasteiger partial charge in [0.25, 0.3) is 0 Å². The van der Waals surface area contributed by atoms with Crippen molar-refractivity contribution in [2.75, 3.05) is 5.73 Å². The number of nitrogen functional groups attached to an aromatic ring is 1. The second-order valence-electron chi connectivity index (χ2n) is 6.59. The highest BCUT2D eigenvalue weighted by Crippen LogP contribution is 2.32. The number of anilines is 1. The highest BCUT2D eigenvalue weighted by molar-refractivity contribution is 5.64. The lowest BCUT2D eigenvalue weighted by Gasteiger charge is -2.24. The first kappa shape index (κ1) is 15.4. The zero-order chi connectivity index (χ0) is 17.4. The van der Waals surface area contributed by atoms with Gasteiger partial charge in [0.2, 0.25) is 0 Å². The molecule has 0 saturated carbocycles. The van der Waals surface area contributed by atoms with E-state index >= 15 is 0 Å². The number of nitrogens with two attached hydrogens (primary N) is 1. The number of aryl methyl sites for hydroxylation is 1. The van der Waals surface area contributed by atoms with E-state index < -0.39 is 0 Å². The van der Waals surface area contributed by atoms with E-state index in [0.29, 0.717) is 11.5 Å². The van der Waals surface area contributed by atoms with Gasteiger partial charge in [-0.2, -0.15) is 5.26 Å². The van der Waals surface area contributed by atoms with Gasteiger partial charge >= 0.3 is 0 Å². The molecule has 0 saturated heterocycles. The maximum absolute atomic E-state index is 8.94. The van der Waals surface area contributed by atoms with Crippen LogP contribution in [-0.4, -0.2) is 14.8 Å². The van der Waals surface area contributed by atoms with Crippen molar-refractivity contribution in [2.45, 2.75) is 32.2 Å². The van der Waals surface area contributed by atoms with Crippen LogP contribution in [-0.2, 0) is 13.0 Å². The van der Waals surface area contributed by atoms with E-state index in [9.17, 15) is 0 Å². The summed E-state index contributed by atoms with van der Waals surface area (Å²) in [6, 6.07) is 16.1. The predicted octanol–water partition coefficient (Wildman–Crippen LogP) is 3.44. The highest BCUT2D eigenvalue weighted by Gasteiger charge is 2.24. The average molecular weight is 329 g/mol. The number of hydrogen-bond donors (Lipinski definition) is 1. The van der Waals surface area contributed by atoms with Crippen LogP contribution in [0.5, 0.6) is 0 Å². The van der Waals surface area contributed by atoms with Crippen molar-refractivity contribution in [3.8, 4) is 17.5 Å². The number of nitriles is 1. The molecular formula is C20H19N5. The van der Waals surface area contributed by atoms with Crippen LogP contribution in [0.3, 0.4) is 0 Å². The van der Waals surface area contributed by atoms with E-state index in [1.165, 1.54) is 5.56 Å². The summed E-state index contributed by atoms with van der Waals surface area (Å²) >= 11 is 0. The third kappa shape index (κ3) is 2.76. The topological polar surface area (TPSA) is 80.5 Å². The van der Waals surface area contributed by atoms with Crippen LogP contribution in [0.15, 0.2) is 42.5 Å². The molecule has 5 heteroatoms. The van der Waals surface area contributed by atoms with Gasteiger partial charge in [-0.3, -0.25) is 0 Å². The average Bonchev–Trinajstić information content (AvgIpc) is 3.07. The summed E-state index contributed by atoms with van der Waals surface area (Å²) in [5.41, 5.74) is 10.9. The molecule has 25 heavy (non-hydrogen) atoms. The SMILES string of the molecule is Cc1ccc(-c2nnc3n2CCC(c2ccc(C#N)cc2)C3)cc1N. The van der Waals surface area contributed by atoms with E-state index in [4.69, 9.17) is 11.0 Å². The number of hydrogen-bond acceptors (Lipinski definition) is 4. The second-order valence-corrected chi connectivity index (χ2v) is 6.59. The molecule has 0 amide bonds. The smallest absolute Gasteiger partial charge is 0.164 e. The van der Waals surface area contributed by atoms with Gasteiger partial charge in [-0.1, -0.05) is 24.3 Å². The Morgan fingerprint density at radius 1 is 1.16 bits per heavy atom. The largest absolute Gasteiger partial charge is 0.398 e. The molecule has 2 heterocycles. The van der Waals surface area contributed by atoms with Crippen LogP contribution in [0.2, 0.25) is 0 Å². The van der Waals surface area contributed by atoms with Crippen molar-refractivity contribution in [3.05, 3.63) is 65.0 Å². The van der Waals surface area contributed by atoms with Gasteiger partial charge in [0.1, 0.15) is 5.82 Å². The van der Waals surface area contributed by atoms with Crippen LogP contribution in [0.4, 0.5) is 5.69 Å². The molecule has 0 spiro atoms. The lowest BCUT2D eigenvalue weighted by atomic mass is 9.89. The Morgan fingerprint density at radius 2 is 1.96 bits per heavy atom. The molecule has 0 radical (unpaired) electrons. The number of fused-ring (bicyclic) bond motifs is 1. The van der Waals surface area contributed by atoms with E-state index in [0.717, 1.165) is 47.8 Å². The van der Waals surface area contributed by atoms with Crippen molar-refractivity contribution in [1.82, 2.24) is 14.8 Å². The zero-order valence-corrected chi connectivity index (χ0v) is 14.1. The van der Waals surface area contributed by atoms with Gasteiger partial charge < -0.3 is 10.3 Å². The minimum Gasteiger partial charge on any atom is -0.398 e. The molecule has 124 valence electrons. The second kappa shape index (κ2) is 6.06. The molecule has 1 aliphatic heterocycles. The summed E-state index contributed by atoms with van der Waals surface area (Å²) in [7, 11) is 0. The molecule has 1 atom stereocenters. The molecule has 3 aromatic rings. The van der Waals surface area contributed by atoms with E-state index in [2.05, 4.69) is 39.0 Å². The Morgan fingerprint density at radius 3 is 2.68 bits per heavy atom. The molecular weight excluding hydrogens is 310 g/mol. The van der Waals surface area contributed by atoms with Gasteiger partial charge in [-0.05, 0) is 48.6 Å². The molecule has 0 bridgehead atoms. The van der Waals surface area contributed by atoms with Gasteiger partial charge in [0, 0.05) is 24.2 Å². The summed E-state index contributed by atoms with van der Waals surface area (Å²) < 4.78 is 2.20. The number of nitrogens with zero attached hydrogens (tertiary/aromatic N) is 4. The first-order valence-electron chi connectivity index (χ1n) is 8.44. The first-order chi connectivity index (χ1) is 12.2. The number of aromatic nitrogens is 3. The Bertz CT molecular complexity index is 963. The molecule has 0 fully saturated rings. The fraction of sp³-hybridized carbons (Fsp3) is 0.250. The third-order valence-electron chi connectivity index (χ3n) is 5.01. The normalized spacial score (nSPS) is 16.2. The standard InChI is InChI=1S/C20H19N5/c1-13-2-5-17(10-18(13)22)20-24-23-19-11-16(8-9-25(19)20)15-6-3-14(12-21)4-7-15/h2-7,10,16H,8-9,11,22H2,1H3. The predicted molar refractivity (Wildman–Crippen MR) is 96.8 cm³/mol. The summed E-state index contributed by atoms with van der Waals surface area (Å²) in [5, 5.41) is 17.8. The number of rotatable bonds is 2. The van der Waals surface area contributed by atoms with Crippen LogP contribution in [0.1, 0.15) is 34.9 Å². The zero-order valence-electron chi connectivity index (χ0n) is 14.1. The van der Waals surface area contributed by atoms with Gasteiger partial charge in [0.15, 0.2) is 5.82 Å². The lowest BCUT2D eigenvalue weighted by Crippen LogP contribution is -2.19. The maximum atomic E-state index is 8.94. The molecule has 1 unspecified atom stereocenters. The van der Waals surface area contributed by atoms with Crippen molar-refractivity contribution in [1.29, 1.82) is 5.26 Å². The summed E-state index contributed by atoms with van der Waals surface area (Å²) in [6.07, 6.45) is 1.89. The molecule has 2 N–H and O–H groups in total. The summed E-state index contributed by atoms with van der Waals surface area (Å²) in [4.78, 5) is 0. The molecule has 2 aromatic carbocycles. The van der Waals surface area contributed by atoms with Gasteiger partial charge in [-0.15, -0.1) is 10.2 Å². The van der Waals surface area contributed by atoms with E-state index in [1.807, 2.05) is 31.2 Å². The van der Waals surface area contributed by atoms with Crippen LogP contribution < -0.4 is 5.73 Å². The summed E-state index contributed by atoms with van der Waals surface area (Å²) in [5.74, 6) is 2.31. The van der Waals surface area contributed by atoms with Gasteiger partial charge in [0.05, 0.1) is 11.6 Å². The van der Waals surface area contributed by atoms with E-state index in [1.54, 1.807) is 0 Å². The molecule has 1 aliphatic rings. The van der Waals surface area contributed by atoms with Crippen LogP contribution >= 0.6 is 0 Å². The fourth-order valence-electron chi connectivity index (χ4n) is 3.44. The lowest BCUT2D eigenvalue weighted by molar-refractivity contribution is 0.468. The minimum atomic E-state index is 0.417. The third-order valence-corrected chi connectivity index (χ3v) is 5.01. The van der Waals surface area contributed by atoms with Crippen molar-refractivity contribution in [3.63, 3.8) is 0 Å². The molecule has 0 aliphatic carbocycles. The van der Waals surface area contributed by atoms with Gasteiger partial charge in [-0.25, -0.2) is 0 Å². The maximum Gasteiger partial charge on any atom is 0.164 e. The first-order valence-corrected chi connectivity index (χ1v) is 8.44. The molecule has 1 aromatic heterocycles. The van der Waals surface area contributed by atoms with Crippen LogP contribution in [0.25, 0.3) is 11.4 Å². The minimum absolute atomic E-state index is 0.417. The monoisotopic (exact) mass is 329 g/mol. The van der Waals surface area contributed by atoms with E-state index in [-0.39, 0.29) is 0 Å². The fourth-order valence-corrected chi connectivity index (χ4v) is 3.44.